The third kappa shape index (κ3) is 5.00. The first kappa shape index (κ1) is 23.2. The number of nitrogens with one attached hydrogen (secondary N) is 1. The average molecular weight is 472 g/mol. The highest BCUT2D eigenvalue weighted by Crippen LogP contribution is 2.32. The van der Waals surface area contributed by atoms with Crippen LogP contribution in [-0.2, 0) is 12.6 Å². The van der Waals surface area contributed by atoms with E-state index in [1.807, 2.05) is 24.3 Å². The van der Waals surface area contributed by atoms with Crippen molar-refractivity contribution in [2.24, 2.45) is 0 Å². The zero-order valence-corrected chi connectivity index (χ0v) is 18.2. The van der Waals surface area contributed by atoms with E-state index >= 15 is 0 Å². The number of halogens is 4. The molecule has 0 aliphatic rings. The maximum atomic E-state index is 14.4. The Morgan fingerprint density at radius 1 is 1.12 bits per heavy atom. The van der Waals surface area contributed by atoms with Gasteiger partial charge in [-0.3, -0.25) is 9.48 Å². The summed E-state index contributed by atoms with van der Waals surface area (Å²) in [5.74, 6) is 0.183. The van der Waals surface area contributed by atoms with E-state index in [9.17, 15) is 22.4 Å². The summed E-state index contributed by atoms with van der Waals surface area (Å²) >= 11 is 0. The molecule has 0 unspecified atom stereocenters. The van der Waals surface area contributed by atoms with E-state index in [2.05, 4.69) is 15.1 Å². The van der Waals surface area contributed by atoms with Gasteiger partial charge in [-0.1, -0.05) is 18.2 Å². The summed E-state index contributed by atoms with van der Waals surface area (Å²) in [4.78, 5) is 19.4. The lowest BCUT2D eigenvalue weighted by atomic mass is 10.0. The van der Waals surface area contributed by atoms with E-state index < -0.39 is 23.6 Å². The Labute approximate surface area is 191 Å². The second-order valence-corrected chi connectivity index (χ2v) is 7.72. The molecule has 0 aliphatic carbocycles. The molecule has 0 bridgehead atoms. The Morgan fingerprint density at radius 2 is 1.85 bits per heavy atom. The lowest BCUT2D eigenvalue weighted by molar-refractivity contribution is -0.137. The van der Waals surface area contributed by atoms with Gasteiger partial charge in [0.25, 0.3) is 5.56 Å². The predicted octanol–water partition coefficient (Wildman–Crippen LogP) is 5.00. The second-order valence-electron chi connectivity index (χ2n) is 7.72. The smallest absolute Gasteiger partial charge is 0.416 e. The van der Waals surface area contributed by atoms with Crippen molar-refractivity contribution in [1.82, 2.24) is 19.7 Å². The molecule has 2 aromatic heterocycles. The van der Waals surface area contributed by atoms with Crippen LogP contribution in [0.4, 0.5) is 17.6 Å². The van der Waals surface area contributed by atoms with Crippen LogP contribution < -0.4 is 10.3 Å². The van der Waals surface area contributed by atoms with Crippen LogP contribution in [0.3, 0.4) is 0 Å². The van der Waals surface area contributed by atoms with E-state index in [-0.39, 0.29) is 11.1 Å². The number of nitrogens with zero attached hydrogens (tertiary/aromatic N) is 3. The number of benzene rings is 2. The number of ether oxygens (including phenoxy) is 1. The molecule has 4 rings (SSSR count). The van der Waals surface area contributed by atoms with Crippen LogP contribution in [0, 0.1) is 5.82 Å². The Morgan fingerprint density at radius 3 is 2.50 bits per heavy atom. The van der Waals surface area contributed by atoms with E-state index in [0.717, 1.165) is 17.7 Å². The maximum absolute atomic E-state index is 14.4. The van der Waals surface area contributed by atoms with Crippen molar-refractivity contribution in [3.8, 4) is 17.0 Å². The van der Waals surface area contributed by atoms with Crippen LogP contribution in [0.5, 0.6) is 5.75 Å². The highest BCUT2D eigenvalue weighted by atomic mass is 19.4. The van der Waals surface area contributed by atoms with Gasteiger partial charge in [0.05, 0.1) is 30.6 Å². The van der Waals surface area contributed by atoms with Crippen molar-refractivity contribution in [1.29, 1.82) is 0 Å². The van der Waals surface area contributed by atoms with Crippen molar-refractivity contribution < 1.29 is 22.3 Å². The third-order valence-corrected chi connectivity index (χ3v) is 5.39. The monoisotopic (exact) mass is 472 g/mol. The number of alkyl halides is 3. The fraction of sp³-hybridized carbons (Fsp3) is 0.208. The topological polar surface area (TPSA) is 72.8 Å². The molecule has 0 aliphatic heterocycles. The molecule has 0 saturated heterocycles. The van der Waals surface area contributed by atoms with Gasteiger partial charge in [-0.25, -0.2) is 9.37 Å². The van der Waals surface area contributed by atoms with Gasteiger partial charge in [-0.2, -0.15) is 18.3 Å². The summed E-state index contributed by atoms with van der Waals surface area (Å²) in [6.45, 7) is 1.61. The number of hydrogen-bond acceptors (Lipinski definition) is 4. The SMILES string of the molecule is COc1ccc(Cc2nc(-c3cnn([C@H](C)c4ccc(C(F)(F)F)cc4F)c3)cc(=O)[nH]2)cc1. The van der Waals surface area contributed by atoms with Gasteiger partial charge < -0.3 is 9.72 Å². The molecule has 0 fully saturated rings. The molecular weight excluding hydrogens is 452 g/mol. The number of aromatic amines is 1. The molecule has 4 aromatic rings. The van der Waals surface area contributed by atoms with Gasteiger partial charge in [0.15, 0.2) is 0 Å². The van der Waals surface area contributed by atoms with Crippen molar-refractivity contribution in [2.45, 2.75) is 25.6 Å². The van der Waals surface area contributed by atoms with Gasteiger partial charge in [-0.15, -0.1) is 0 Å². The molecule has 2 aromatic carbocycles. The molecular formula is C24H20F4N4O2. The zero-order chi connectivity index (χ0) is 24.5. The summed E-state index contributed by atoms with van der Waals surface area (Å²) < 4.78 is 59.4. The third-order valence-electron chi connectivity index (χ3n) is 5.39. The summed E-state index contributed by atoms with van der Waals surface area (Å²) in [5, 5.41) is 4.21. The first-order valence-corrected chi connectivity index (χ1v) is 10.3. The van der Waals surface area contributed by atoms with E-state index in [4.69, 9.17) is 4.74 Å². The van der Waals surface area contributed by atoms with Crippen LogP contribution in [0.2, 0.25) is 0 Å². The molecule has 6 nitrogen and oxygen atoms in total. The Balaban J connectivity index is 1.58. The molecule has 0 radical (unpaired) electrons. The lowest BCUT2D eigenvalue weighted by Crippen LogP contribution is -2.12. The largest absolute Gasteiger partial charge is 0.497 e. The summed E-state index contributed by atoms with van der Waals surface area (Å²) in [5.41, 5.74) is 0.465. The molecule has 176 valence electrons. The Hall–Kier alpha value is -3.95. The number of rotatable bonds is 6. The fourth-order valence-electron chi connectivity index (χ4n) is 3.54. The Bertz CT molecular complexity index is 1360. The molecule has 0 amide bonds. The van der Waals surface area contributed by atoms with Crippen molar-refractivity contribution in [3.63, 3.8) is 0 Å². The Kier molecular flexibility index (Phi) is 6.23. The second kappa shape index (κ2) is 9.12. The van der Waals surface area contributed by atoms with Gasteiger partial charge in [0, 0.05) is 29.8 Å². The van der Waals surface area contributed by atoms with Crippen molar-refractivity contribution >= 4 is 0 Å². The van der Waals surface area contributed by atoms with E-state index in [1.165, 1.54) is 16.9 Å². The van der Waals surface area contributed by atoms with Gasteiger partial charge in [-0.05, 0) is 36.8 Å². The molecule has 0 spiro atoms. The number of H-pyrrole nitrogens is 1. The zero-order valence-electron chi connectivity index (χ0n) is 18.2. The first-order valence-electron chi connectivity index (χ1n) is 10.3. The van der Waals surface area contributed by atoms with Crippen LogP contribution in [0.15, 0.2) is 65.7 Å². The van der Waals surface area contributed by atoms with Crippen LogP contribution >= 0.6 is 0 Å². The van der Waals surface area contributed by atoms with E-state index in [0.29, 0.717) is 35.3 Å². The molecule has 10 heteroatoms. The van der Waals surface area contributed by atoms with Gasteiger partial charge >= 0.3 is 6.18 Å². The highest BCUT2D eigenvalue weighted by molar-refractivity contribution is 5.56. The van der Waals surface area contributed by atoms with Crippen molar-refractivity contribution in [2.75, 3.05) is 7.11 Å². The number of hydrogen-bond donors (Lipinski definition) is 1. The van der Waals surface area contributed by atoms with Crippen LogP contribution in [0.1, 0.15) is 35.5 Å². The fourth-order valence-corrected chi connectivity index (χ4v) is 3.54. The first-order chi connectivity index (χ1) is 16.1. The number of aromatic nitrogens is 4. The van der Waals surface area contributed by atoms with Crippen LogP contribution in [-0.4, -0.2) is 26.9 Å². The standard InChI is InChI=1S/C24H20F4N4O2/c1-14(19-8-5-17(10-20(19)25)24(26,27)28)32-13-16(12-29-32)21-11-23(33)31-22(30-21)9-15-3-6-18(34-2)7-4-15/h3-8,10-14H,9H2,1-2H3,(H,30,31,33)/t14-/m1/s1. The van der Waals surface area contributed by atoms with Gasteiger partial charge in [0.1, 0.15) is 17.4 Å². The minimum atomic E-state index is -4.63. The molecule has 2 heterocycles. The minimum Gasteiger partial charge on any atom is -0.497 e. The van der Waals surface area contributed by atoms with Crippen LogP contribution in [0.25, 0.3) is 11.3 Å². The summed E-state index contributed by atoms with van der Waals surface area (Å²) in [7, 11) is 1.57. The molecule has 34 heavy (non-hydrogen) atoms. The summed E-state index contributed by atoms with van der Waals surface area (Å²) in [6, 6.07) is 10.4. The summed E-state index contributed by atoms with van der Waals surface area (Å²) in [6.07, 6.45) is -1.20. The maximum Gasteiger partial charge on any atom is 0.416 e. The van der Waals surface area contributed by atoms with Gasteiger partial charge in [0.2, 0.25) is 0 Å². The average Bonchev–Trinajstić information content (AvgIpc) is 3.28. The minimum absolute atomic E-state index is 0.0571. The normalized spacial score (nSPS) is 12.5. The molecule has 1 atom stereocenters. The van der Waals surface area contributed by atoms with Crippen molar-refractivity contribution in [3.05, 3.63) is 99.6 Å². The highest BCUT2D eigenvalue weighted by Gasteiger charge is 2.31. The lowest BCUT2D eigenvalue weighted by Gasteiger charge is -2.15. The molecule has 1 N–H and O–H groups in total. The number of methoxy groups -OCH3 is 1. The molecule has 0 saturated carbocycles. The quantitative estimate of drug-likeness (QED) is 0.401. The predicted molar refractivity (Wildman–Crippen MR) is 117 cm³/mol. The van der Waals surface area contributed by atoms with E-state index in [1.54, 1.807) is 20.2 Å².